The zero-order chi connectivity index (χ0) is 45.0. The second-order valence-electron chi connectivity index (χ2n) is 14.9. The number of hydrogen-bond acceptors (Lipinski definition) is 8. The van der Waals surface area contributed by atoms with Gasteiger partial charge in [0, 0.05) is 43.0 Å². The largest absolute Gasteiger partial charge is 0.361 e. The molecular formula is C52H50O8P4. The van der Waals surface area contributed by atoms with Crippen molar-refractivity contribution in [3.05, 3.63) is 182 Å². The monoisotopic (exact) mass is 926 g/mol. The Morgan fingerprint density at radius 3 is 0.797 bits per heavy atom. The van der Waals surface area contributed by atoms with E-state index in [1.807, 2.05) is 170 Å². The van der Waals surface area contributed by atoms with Crippen LogP contribution in [0.3, 0.4) is 0 Å². The first-order valence-corrected chi connectivity index (χ1v) is 27.9. The lowest BCUT2D eigenvalue weighted by Gasteiger charge is -2.31. The van der Waals surface area contributed by atoms with Gasteiger partial charge in [-0.25, -0.2) is 0 Å². The fraction of sp³-hybridized carbons (Fsp3) is 0.154. The molecule has 0 fully saturated rings. The molecule has 64 heavy (non-hydrogen) atoms. The molecule has 0 N–H and O–H groups in total. The van der Waals surface area contributed by atoms with E-state index in [-0.39, 0.29) is 37.0 Å². The normalized spacial score (nSPS) is 12.5. The van der Waals surface area contributed by atoms with Gasteiger partial charge >= 0.3 is 15.2 Å². The predicted octanol–water partition coefficient (Wildman–Crippen LogP) is 10.7. The van der Waals surface area contributed by atoms with Crippen LogP contribution < -0.4 is 42.4 Å². The van der Waals surface area contributed by atoms with Gasteiger partial charge in [-0.3, -0.25) is 9.13 Å². The van der Waals surface area contributed by atoms with E-state index >= 15 is 18.3 Å². The van der Waals surface area contributed by atoms with Gasteiger partial charge in [-0.2, -0.15) is 0 Å². The van der Waals surface area contributed by atoms with E-state index in [4.69, 9.17) is 18.1 Å². The molecule has 0 radical (unpaired) electrons. The van der Waals surface area contributed by atoms with Crippen LogP contribution in [0.2, 0.25) is 0 Å². The molecule has 0 aliphatic carbocycles. The molecular weight excluding hydrogens is 876 g/mol. The van der Waals surface area contributed by atoms with Gasteiger partial charge < -0.3 is 27.2 Å². The van der Waals surface area contributed by atoms with Crippen LogP contribution >= 0.6 is 29.5 Å². The van der Waals surface area contributed by atoms with Crippen LogP contribution in [0.15, 0.2) is 182 Å². The van der Waals surface area contributed by atoms with Crippen molar-refractivity contribution in [2.75, 3.05) is 26.4 Å². The Balaban J connectivity index is 1.70. The minimum Gasteiger partial charge on any atom is -0.309 e. The summed E-state index contributed by atoms with van der Waals surface area (Å²) in [6.07, 6.45) is 0. The van der Waals surface area contributed by atoms with Crippen molar-refractivity contribution in [2.45, 2.75) is 27.7 Å². The summed E-state index contributed by atoms with van der Waals surface area (Å²) in [5.74, 6) is 0. The van der Waals surface area contributed by atoms with Crippen LogP contribution in [0.25, 0.3) is 32.7 Å². The third-order valence-corrected chi connectivity index (χ3v) is 21.7. The minimum absolute atomic E-state index is 0.0883. The maximum atomic E-state index is 17.2. The van der Waals surface area contributed by atoms with Crippen molar-refractivity contribution >= 4 is 93.5 Å². The fourth-order valence-corrected chi connectivity index (χ4v) is 18.2. The summed E-state index contributed by atoms with van der Waals surface area (Å²) in [5.41, 5.74) is 1.00. The number of rotatable bonds is 17. The van der Waals surface area contributed by atoms with Crippen molar-refractivity contribution in [3.8, 4) is 11.1 Å². The summed E-state index contributed by atoms with van der Waals surface area (Å²) >= 11 is 0. The summed E-state index contributed by atoms with van der Waals surface area (Å²) in [6.45, 7) is 7.39. The Morgan fingerprint density at radius 1 is 0.312 bits per heavy atom. The van der Waals surface area contributed by atoms with Gasteiger partial charge in [0.15, 0.2) is 14.3 Å². The van der Waals surface area contributed by atoms with Gasteiger partial charge in [0.25, 0.3) is 0 Å². The Labute approximate surface area is 375 Å². The molecule has 0 bridgehead atoms. The molecule has 326 valence electrons. The molecule has 0 saturated carbocycles. The molecule has 0 spiro atoms. The standard InChI is InChI=1S/C52H50O8P4/c1-5-57-63(55,58-6-2)47-37-49(61(53,39-25-13-9-14-26-39)40-27-15-10-16-28-40)51(45-35-23-21-33-43(45)47)52-46-36-24-22-34-44(46)48(64(56,59-7-3)60-8-4)38-50(52)62(54,41-29-17-11-18-30-41)42-31-19-12-20-32-42/h9-38H,5-8H2,1-4H3. The Kier molecular flexibility index (Phi) is 13.7. The molecule has 0 unspecified atom stereocenters. The average molecular weight is 927 g/mol. The maximum Gasteiger partial charge on any atom is 0.361 e. The molecule has 0 aromatic heterocycles. The third-order valence-electron chi connectivity index (χ3n) is 11.2. The van der Waals surface area contributed by atoms with E-state index in [1.54, 1.807) is 39.8 Å². The van der Waals surface area contributed by atoms with Crippen LogP contribution in [0.1, 0.15) is 27.7 Å². The summed E-state index contributed by atoms with van der Waals surface area (Å²) < 4.78 is 89.2. The highest BCUT2D eigenvalue weighted by Gasteiger charge is 2.43. The van der Waals surface area contributed by atoms with E-state index in [2.05, 4.69) is 0 Å². The van der Waals surface area contributed by atoms with Crippen LogP contribution in [-0.4, -0.2) is 26.4 Å². The van der Waals surface area contributed by atoms with E-state index in [0.29, 0.717) is 64.5 Å². The fourth-order valence-electron chi connectivity index (χ4n) is 8.60. The minimum atomic E-state index is -4.09. The molecule has 12 heteroatoms. The molecule has 8 rings (SSSR count). The van der Waals surface area contributed by atoms with Gasteiger partial charge in [0.2, 0.25) is 0 Å². The summed E-state index contributed by atoms with van der Waals surface area (Å²) in [7, 11) is -16.2. The zero-order valence-electron chi connectivity index (χ0n) is 36.2. The summed E-state index contributed by atoms with van der Waals surface area (Å²) in [6, 6.07) is 55.6. The van der Waals surface area contributed by atoms with Crippen LogP contribution in [0.4, 0.5) is 0 Å². The molecule has 0 atom stereocenters. The summed E-state index contributed by atoms with van der Waals surface area (Å²) in [5, 5.41) is 5.53. The lowest BCUT2D eigenvalue weighted by Crippen LogP contribution is -2.33. The highest BCUT2D eigenvalue weighted by atomic mass is 31.2. The van der Waals surface area contributed by atoms with E-state index < -0.39 is 29.5 Å². The summed E-state index contributed by atoms with van der Waals surface area (Å²) in [4.78, 5) is 0. The van der Waals surface area contributed by atoms with Gasteiger partial charge in [-0.05, 0) is 61.4 Å². The number of benzene rings is 8. The lowest BCUT2D eigenvalue weighted by molar-refractivity contribution is 0.229. The number of fused-ring (bicyclic) bond motifs is 2. The highest BCUT2D eigenvalue weighted by Crippen LogP contribution is 2.56. The second kappa shape index (κ2) is 19.3. The first-order chi connectivity index (χ1) is 31.1. The van der Waals surface area contributed by atoms with Gasteiger partial charge in [-0.1, -0.05) is 170 Å². The van der Waals surface area contributed by atoms with Crippen LogP contribution in [0, 0.1) is 0 Å². The molecule has 0 aliphatic rings. The molecule has 0 amide bonds. The predicted molar refractivity (Wildman–Crippen MR) is 267 cm³/mol. The molecule has 8 aromatic rings. The van der Waals surface area contributed by atoms with Gasteiger partial charge in [-0.15, -0.1) is 0 Å². The van der Waals surface area contributed by atoms with Crippen molar-refractivity contribution in [2.24, 2.45) is 0 Å². The zero-order valence-corrected chi connectivity index (χ0v) is 39.8. The maximum absolute atomic E-state index is 17.2. The molecule has 0 aliphatic heterocycles. The SMILES string of the molecule is CCOP(=O)(OCC)c1cc(P(=O)(c2ccccc2)c2ccccc2)c(-c2c(P(=O)(c3ccccc3)c3ccccc3)cc(P(=O)(OCC)OCC)c3ccccc23)c2ccccc12. The second-order valence-corrected chi connectivity index (χ2v) is 24.4. The van der Waals surface area contributed by atoms with E-state index in [1.165, 1.54) is 0 Å². The average Bonchev–Trinajstić information content (AvgIpc) is 3.34. The quantitative estimate of drug-likeness (QED) is 0.0832. The van der Waals surface area contributed by atoms with Crippen LogP contribution in [0.5, 0.6) is 0 Å². The van der Waals surface area contributed by atoms with Crippen molar-refractivity contribution < 1.29 is 36.4 Å². The Hall–Kier alpha value is -4.96. The smallest absolute Gasteiger partial charge is 0.309 e. The van der Waals surface area contributed by atoms with E-state index in [9.17, 15) is 0 Å². The molecule has 8 nitrogen and oxygen atoms in total. The van der Waals surface area contributed by atoms with E-state index in [0.717, 1.165) is 0 Å². The molecule has 0 heterocycles. The van der Waals surface area contributed by atoms with Crippen molar-refractivity contribution in [1.29, 1.82) is 0 Å². The van der Waals surface area contributed by atoms with Crippen molar-refractivity contribution in [1.82, 2.24) is 0 Å². The molecule has 0 saturated heterocycles. The van der Waals surface area contributed by atoms with Crippen molar-refractivity contribution in [3.63, 3.8) is 0 Å². The first-order valence-electron chi connectivity index (χ1n) is 21.4. The Bertz CT molecular complexity index is 2810. The first kappa shape index (κ1) is 45.6. The lowest BCUT2D eigenvalue weighted by atomic mass is 9.93. The van der Waals surface area contributed by atoms with Crippen LogP contribution in [-0.2, 0) is 36.4 Å². The topological polar surface area (TPSA) is 105 Å². The Morgan fingerprint density at radius 2 is 0.547 bits per heavy atom. The van der Waals surface area contributed by atoms with Gasteiger partial charge in [0.1, 0.15) is 0 Å². The highest BCUT2D eigenvalue weighted by molar-refractivity contribution is 7.86. The molecule has 8 aromatic carbocycles. The third kappa shape index (κ3) is 8.06. The number of hydrogen-bond donors (Lipinski definition) is 0. The van der Waals surface area contributed by atoms with Gasteiger partial charge in [0.05, 0.1) is 37.0 Å².